The quantitative estimate of drug-likeness (QED) is 0.132. The number of likely N-dealkylation sites (N-methyl/N-ethyl adjacent to an activating group) is 1. The second-order valence-electron chi connectivity index (χ2n) is 16.0. The maximum absolute atomic E-state index is 12.9. The van der Waals surface area contributed by atoms with Crippen molar-refractivity contribution in [2.24, 2.45) is 11.8 Å². The molecule has 2 fully saturated rings. The normalized spacial score (nSPS) is 42.4. The van der Waals surface area contributed by atoms with Gasteiger partial charge in [-0.3, -0.25) is 4.79 Å². The first-order valence-corrected chi connectivity index (χ1v) is 20.1. The summed E-state index contributed by atoms with van der Waals surface area (Å²) in [6.07, 6.45) is 1.45. The predicted molar refractivity (Wildman–Crippen MR) is 205 cm³/mol. The fraction of sp³-hybridized carbons (Fsp3) is 0.854. The van der Waals surface area contributed by atoms with E-state index >= 15 is 0 Å². The number of esters is 1. The van der Waals surface area contributed by atoms with E-state index < -0.39 is 91.4 Å². The van der Waals surface area contributed by atoms with E-state index in [2.05, 4.69) is 6.92 Å². The number of aliphatic hydroxyl groups excluding tert-OH is 3. The lowest BCUT2D eigenvalue weighted by Crippen LogP contribution is -2.66. The third-order valence-electron chi connectivity index (χ3n) is 11.3. The Morgan fingerprint density at radius 3 is 2.35 bits per heavy atom. The van der Waals surface area contributed by atoms with Crippen LogP contribution in [0.25, 0.3) is 0 Å². The number of allylic oxidation sites excluding steroid dienone is 2. The van der Waals surface area contributed by atoms with Gasteiger partial charge in [0.05, 0.1) is 48.6 Å². The van der Waals surface area contributed by atoms with Crippen LogP contribution in [0.3, 0.4) is 0 Å². The zero-order chi connectivity index (χ0) is 40.9. The number of ether oxygens (including phenoxy) is 8. The van der Waals surface area contributed by atoms with Gasteiger partial charge in [0.15, 0.2) is 12.6 Å². The molecule has 0 saturated carbocycles. The average Bonchev–Trinajstić information content (AvgIpc) is 3.11. The highest BCUT2D eigenvalue weighted by atomic mass is 16.7. The Labute approximate surface area is 328 Å². The highest BCUT2D eigenvalue weighted by molar-refractivity contribution is 5.70. The molecule has 14 heteroatoms. The Morgan fingerprint density at radius 1 is 0.982 bits per heavy atom. The summed E-state index contributed by atoms with van der Waals surface area (Å²) in [5, 5.41) is 34.5. The lowest BCUT2D eigenvalue weighted by atomic mass is 9.82. The molecule has 16 atom stereocenters. The predicted octanol–water partition coefficient (Wildman–Crippen LogP) is 3.71. The van der Waals surface area contributed by atoms with Gasteiger partial charge in [0.25, 0.3) is 0 Å². The average molecular weight is 786 g/mol. The molecule has 0 unspecified atom stereocenters. The SMILES string of the molecule is CCCCCO[C@H]1[C@H](C)O[C@@H](O[C@H]2[C@H](N(C)C)[C@@H](O)[C@H](O[C@H]3[C@@H](CC=O)C[C@@H](C)[C@H](O)/C=C/C=C/C[C@@H](C)OC(=O)C[C@@H](O)[C@@H]3OC)O[C@@H]2C)C[C@@]1(C)OC. The van der Waals surface area contributed by atoms with Crippen LogP contribution in [0.2, 0.25) is 0 Å². The number of aliphatic hydroxyl groups is 3. The monoisotopic (exact) mass is 785 g/mol. The van der Waals surface area contributed by atoms with Crippen molar-refractivity contribution in [3.05, 3.63) is 24.3 Å². The third kappa shape index (κ3) is 13.4. The van der Waals surface area contributed by atoms with Crippen molar-refractivity contribution < 1.29 is 62.8 Å². The van der Waals surface area contributed by atoms with E-state index in [4.69, 9.17) is 37.9 Å². The van der Waals surface area contributed by atoms with E-state index in [1.54, 1.807) is 32.3 Å². The number of rotatable bonds is 14. The summed E-state index contributed by atoms with van der Waals surface area (Å²) >= 11 is 0. The van der Waals surface area contributed by atoms with E-state index in [1.807, 2.05) is 52.8 Å². The van der Waals surface area contributed by atoms with Gasteiger partial charge in [-0.05, 0) is 66.5 Å². The highest BCUT2D eigenvalue weighted by Gasteiger charge is 2.52. The molecule has 318 valence electrons. The van der Waals surface area contributed by atoms with Crippen LogP contribution in [0, 0.1) is 11.8 Å². The highest BCUT2D eigenvalue weighted by Crippen LogP contribution is 2.38. The Hall–Kier alpha value is -1.82. The molecule has 3 rings (SSSR count). The summed E-state index contributed by atoms with van der Waals surface area (Å²) in [4.78, 5) is 26.9. The second kappa shape index (κ2) is 22.9. The molecule has 0 radical (unpaired) electrons. The van der Waals surface area contributed by atoms with Crippen LogP contribution >= 0.6 is 0 Å². The molecule has 3 aliphatic rings. The molecule has 0 aromatic carbocycles. The van der Waals surface area contributed by atoms with Crippen LogP contribution in [-0.4, -0.2) is 153 Å². The number of carbonyl (C=O) groups is 2. The third-order valence-corrected chi connectivity index (χ3v) is 11.3. The molecule has 55 heavy (non-hydrogen) atoms. The second-order valence-corrected chi connectivity index (χ2v) is 16.0. The lowest BCUT2D eigenvalue weighted by Gasteiger charge is -2.51. The molecule has 0 bridgehead atoms. The molecule has 0 spiro atoms. The molecule has 0 amide bonds. The van der Waals surface area contributed by atoms with Gasteiger partial charge in [-0.15, -0.1) is 0 Å². The summed E-state index contributed by atoms with van der Waals surface area (Å²) in [6.45, 7) is 12.1. The molecule has 3 aliphatic heterocycles. The molecule has 0 aromatic rings. The van der Waals surface area contributed by atoms with Crippen LogP contribution in [0.1, 0.15) is 92.9 Å². The number of unbranched alkanes of at least 4 members (excludes halogenated alkanes) is 2. The Bertz CT molecular complexity index is 1200. The fourth-order valence-corrected chi connectivity index (χ4v) is 8.09. The topological polar surface area (TPSA) is 172 Å². The van der Waals surface area contributed by atoms with Crippen molar-refractivity contribution in [3.8, 4) is 0 Å². The van der Waals surface area contributed by atoms with Crippen molar-refractivity contribution in [3.63, 3.8) is 0 Å². The van der Waals surface area contributed by atoms with Crippen molar-refractivity contribution in [2.75, 3.05) is 34.9 Å². The number of cyclic esters (lactones) is 1. The lowest BCUT2D eigenvalue weighted by molar-refractivity contribution is -0.347. The summed E-state index contributed by atoms with van der Waals surface area (Å²) in [5.41, 5.74) is -0.694. The fourth-order valence-electron chi connectivity index (χ4n) is 8.09. The van der Waals surface area contributed by atoms with Crippen molar-refractivity contribution in [1.82, 2.24) is 4.90 Å². The van der Waals surface area contributed by atoms with E-state index in [1.165, 1.54) is 7.11 Å². The van der Waals surface area contributed by atoms with E-state index in [0.29, 0.717) is 19.4 Å². The number of methoxy groups -OCH3 is 2. The largest absolute Gasteiger partial charge is 0.462 e. The molecule has 3 heterocycles. The maximum atomic E-state index is 12.9. The first-order chi connectivity index (χ1) is 26.1. The van der Waals surface area contributed by atoms with Crippen LogP contribution in [-0.2, 0) is 47.5 Å². The number of nitrogens with zero attached hydrogens (tertiary/aromatic N) is 1. The van der Waals surface area contributed by atoms with E-state index in [0.717, 1.165) is 25.5 Å². The van der Waals surface area contributed by atoms with Gasteiger partial charge < -0.3 is 62.9 Å². The molecular weight excluding hydrogens is 714 g/mol. The summed E-state index contributed by atoms with van der Waals surface area (Å²) in [5.74, 6) is -1.58. The summed E-state index contributed by atoms with van der Waals surface area (Å²) in [7, 11) is 6.69. The molecule has 3 N–H and O–H groups in total. The van der Waals surface area contributed by atoms with E-state index in [-0.39, 0.29) is 31.0 Å². The number of aldehydes is 1. The van der Waals surface area contributed by atoms with Gasteiger partial charge in [0, 0.05) is 40.1 Å². The van der Waals surface area contributed by atoms with Crippen molar-refractivity contribution in [1.29, 1.82) is 0 Å². The first kappa shape index (κ1) is 47.6. The zero-order valence-corrected chi connectivity index (χ0v) is 34.8. The maximum Gasteiger partial charge on any atom is 0.308 e. The molecular formula is C41H71NO13. The van der Waals surface area contributed by atoms with Crippen LogP contribution < -0.4 is 0 Å². The first-order valence-electron chi connectivity index (χ1n) is 20.1. The van der Waals surface area contributed by atoms with E-state index in [9.17, 15) is 24.9 Å². The summed E-state index contributed by atoms with van der Waals surface area (Å²) < 4.78 is 49.7. The minimum absolute atomic E-state index is 0.0145. The van der Waals surface area contributed by atoms with Gasteiger partial charge in [-0.2, -0.15) is 0 Å². The smallest absolute Gasteiger partial charge is 0.308 e. The minimum Gasteiger partial charge on any atom is -0.462 e. The van der Waals surface area contributed by atoms with Gasteiger partial charge in [-0.25, -0.2) is 0 Å². The summed E-state index contributed by atoms with van der Waals surface area (Å²) in [6, 6.07) is -0.651. The minimum atomic E-state index is -1.40. The number of carbonyl (C=O) groups excluding carboxylic acids is 2. The van der Waals surface area contributed by atoms with Gasteiger partial charge in [0.2, 0.25) is 0 Å². The number of hydrogen-bond donors (Lipinski definition) is 3. The van der Waals surface area contributed by atoms with Gasteiger partial charge in [-0.1, -0.05) is 51.0 Å². The molecule has 2 saturated heterocycles. The molecule has 0 aromatic heterocycles. The number of hydrogen-bond acceptors (Lipinski definition) is 14. The zero-order valence-electron chi connectivity index (χ0n) is 34.8. The van der Waals surface area contributed by atoms with Crippen LogP contribution in [0.5, 0.6) is 0 Å². The van der Waals surface area contributed by atoms with Crippen molar-refractivity contribution in [2.45, 2.75) is 178 Å². The van der Waals surface area contributed by atoms with Crippen LogP contribution in [0.15, 0.2) is 24.3 Å². The molecule has 0 aliphatic carbocycles. The van der Waals surface area contributed by atoms with Crippen LogP contribution in [0.4, 0.5) is 0 Å². The Kier molecular flexibility index (Phi) is 19.8. The standard InChI is InChI=1S/C41H71NO13/c1-11-12-16-21-50-39-28(5)52-33(24-41(39,6)49-10)54-36-27(4)53-40(35(47)34(36)42(7)8)55-37-29(19-20-43)22-25(2)30(44)18-15-13-14-17-26(3)51-32(46)23-31(45)38(37)48-9/h13-15,18,20,25-31,33-40,44-45,47H,11-12,16-17,19,21-24H2,1-10H3/b14-13+,18-15+/t25-,26-,27-,28+,29+,30-,31-,33+,34-,35-,36-,37+,38+,39+,40+,41-/m1/s1. The molecule has 14 nitrogen and oxygen atoms in total. The van der Waals surface area contributed by atoms with Gasteiger partial charge in [0.1, 0.15) is 36.8 Å². The Morgan fingerprint density at radius 2 is 1.71 bits per heavy atom. The Balaban J connectivity index is 1.90. The van der Waals surface area contributed by atoms with Crippen molar-refractivity contribution >= 4 is 12.3 Å². The van der Waals surface area contributed by atoms with Gasteiger partial charge >= 0.3 is 5.97 Å².